The zero-order valence-electron chi connectivity index (χ0n) is 14.0. The van der Waals surface area contributed by atoms with E-state index in [9.17, 15) is 19.7 Å². The van der Waals surface area contributed by atoms with Gasteiger partial charge in [0, 0.05) is 25.2 Å². The van der Waals surface area contributed by atoms with Crippen LogP contribution in [-0.2, 0) is 4.79 Å². The van der Waals surface area contributed by atoms with Gasteiger partial charge in [0.2, 0.25) is 0 Å². The summed E-state index contributed by atoms with van der Waals surface area (Å²) < 4.78 is 1.30. The maximum atomic E-state index is 12.6. The van der Waals surface area contributed by atoms with Crippen LogP contribution in [-0.4, -0.2) is 54.9 Å². The fourth-order valence-electron chi connectivity index (χ4n) is 3.10. The number of aromatic nitrogens is 3. The van der Waals surface area contributed by atoms with E-state index < -0.39 is 16.8 Å². The van der Waals surface area contributed by atoms with E-state index in [0.29, 0.717) is 25.2 Å². The van der Waals surface area contributed by atoms with E-state index in [2.05, 4.69) is 10.3 Å². The smallest absolute Gasteiger partial charge is 0.306 e. The number of carboxylic acid groups (broad SMARTS) is 1. The van der Waals surface area contributed by atoms with Gasteiger partial charge in [-0.2, -0.15) is 0 Å². The van der Waals surface area contributed by atoms with Crippen LogP contribution in [0.2, 0.25) is 0 Å². The normalized spacial score (nSPS) is 20.0. The lowest BCUT2D eigenvalue weighted by Crippen LogP contribution is -2.45. The van der Waals surface area contributed by atoms with Gasteiger partial charge in [-0.05, 0) is 18.4 Å². The van der Waals surface area contributed by atoms with E-state index >= 15 is 0 Å². The maximum absolute atomic E-state index is 12.6. The van der Waals surface area contributed by atoms with Crippen LogP contribution >= 0.6 is 0 Å². The lowest BCUT2D eigenvalue weighted by atomic mass is 9.87. The lowest BCUT2D eigenvalue weighted by Gasteiger charge is -2.34. The molecule has 2 unspecified atom stereocenters. The number of nitro benzene ring substituents is 1. The molecule has 10 heteroatoms. The Bertz CT molecular complexity index is 864. The summed E-state index contributed by atoms with van der Waals surface area (Å²) in [5.41, 5.74) is 0.441. The van der Waals surface area contributed by atoms with Crippen molar-refractivity contribution in [2.75, 3.05) is 13.1 Å². The SMILES string of the molecule is CC1CN(C(=O)c2cn(-c3cccc([N+](=O)[O-])c3)nn2)CCC1C(=O)O. The summed E-state index contributed by atoms with van der Waals surface area (Å²) in [6.45, 7) is 2.47. The molecule has 0 spiro atoms. The quantitative estimate of drug-likeness (QED) is 0.644. The lowest BCUT2D eigenvalue weighted by molar-refractivity contribution is -0.384. The third kappa shape index (κ3) is 3.39. The minimum atomic E-state index is -0.846. The summed E-state index contributed by atoms with van der Waals surface area (Å²) in [7, 11) is 0. The number of likely N-dealkylation sites (tertiary alicyclic amines) is 1. The molecule has 3 rings (SSSR count). The summed E-state index contributed by atoms with van der Waals surface area (Å²) in [6.07, 6.45) is 1.80. The van der Waals surface area contributed by atoms with Crippen molar-refractivity contribution in [2.24, 2.45) is 11.8 Å². The highest BCUT2D eigenvalue weighted by Gasteiger charge is 2.34. The Morgan fingerprint density at radius 2 is 2.15 bits per heavy atom. The van der Waals surface area contributed by atoms with Gasteiger partial charge in [-0.25, -0.2) is 4.68 Å². The third-order valence-corrected chi connectivity index (χ3v) is 4.53. The first-order chi connectivity index (χ1) is 12.4. The first kappa shape index (κ1) is 17.5. The molecule has 10 nitrogen and oxygen atoms in total. The van der Waals surface area contributed by atoms with Crippen LogP contribution in [0, 0.1) is 22.0 Å². The molecule has 1 amide bonds. The van der Waals surface area contributed by atoms with E-state index in [-0.39, 0.29) is 23.2 Å². The monoisotopic (exact) mass is 359 g/mol. The van der Waals surface area contributed by atoms with Crippen molar-refractivity contribution in [3.63, 3.8) is 0 Å². The first-order valence-corrected chi connectivity index (χ1v) is 8.06. The van der Waals surface area contributed by atoms with Crippen molar-refractivity contribution in [3.05, 3.63) is 46.3 Å². The Balaban J connectivity index is 1.76. The maximum Gasteiger partial charge on any atom is 0.306 e. The number of carboxylic acids is 1. The zero-order chi connectivity index (χ0) is 18.8. The predicted molar refractivity (Wildman–Crippen MR) is 88.8 cm³/mol. The second-order valence-corrected chi connectivity index (χ2v) is 6.29. The Kier molecular flexibility index (Phi) is 4.65. The summed E-state index contributed by atoms with van der Waals surface area (Å²) >= 11 is 0. The standard InChI is InChI=1S/C16H17N5O5/c1-10-8-19(6-5-13(10)16(23)24)15(22)14-9-20(18-17-14)11-3-2-4-12(7-11)21(25)26/h2-4,7,9-10,13H,5-6,8H2,1H3,(H,23,24). The van der Waals surface area contributed by atoms with Crippen LogP contribution in [0.4, 0.5) is 5.69 Å². The average Bonchev–Trinajstić information content (AvgIpc) is 3.11. The molecule has 2 atom stereocenters. The summed E-state index contributed by atoms with van der Waals surface area (Å²) in [5.74, 6) is -1.80. The van der Waals surface area contributed by atoms with E-state index in [1.807, 2.05) is 0 Å². The molecule has 2 heterocycles. The number of amides is 1. The molecule has 0 saturated carbocycles. The van der Waals surface area contributed by atoms with Crippen molar-refractivity contribution in [3.8, 4) is 5.69 Å². The largest absolute Gasteiger partial charge is 0.481 e. The van der Waals surface area contributed by atoms with Gasteiger partial charge in [-0.15, -0.1) is 5.10 Å². The summed E-state index contributed by atoms with van der Waals surface area (Å²) in [4.78, 5) is 35.7. The van der Waals surface area contributed by atoms with Gasteiger partial charge >= 0.3 is 5.97 Å². The van der Waals surface area contributed by atoms with Crippen LogP contribution in [0.15, 0.2) is 30.5 Å². The summed E-state index contributed by atoms with van der Waals surface area (Å²) in [5, 5.41) is 27.8. The third-order valence-electron chi connectivity index (χ3n) is 4.53. The van der Waals surface area contributed by atoms with Crippen molar-refractivity contribution >= 4 is 17.6 Å². The Labute approximate surface area is 148 Å². The van der Waals surface area contributed by atoms with Gasteiger partial charge in [-0.1, -0.05) is 18.2 Å². The second-order valence-electron chi connectivity index (χ2n) is 6.29. The van der Waals surface area contributed by atoms with Crippen LogP contribution in [0.25, 0.3) is 5.69 Å². The van der Waals surface area contributed by atoms with Gasteiger partial charge in [0.25, 0.3) is 11.6 Å². The number of benzene rings is 1. The number of nitrogens with zero attached hydrogens (tertiary/aromatic N) is 5. The van der Waals surface area contributed by atoms with Gasteiger partial charge in [0.05, 0.1) is 22.7 Å². The fourth-order valence-corrected chi connectivity index (χ4v) is 3.10. The molecule has 0 radical (unpaired) electrons. The topological polar surface area (TPSA) is 131 Å². The number of non-ortho nitro benzene ring substituents is 1. The number of carbonyl (C=O) groups is 2. The molecule has 1 fully saturated rings. The highest BCUT2D eigenvalue weighted by molar-refractivity contribution is 5.92. The first-order valence-electron chi connectivity index (χ1n) is 8.06. The molecule has 1 aliphatic rings. The molecule has 1 aromatic heterocycles. The number of rotatable bonds is 4. The average molecular weight is 359 g/mol. The van der Waals surface area contributed by atoms with Crippen molar-refractivity contribution in [2.45, 2.75) is 13.3 Å². The van der Waals surface area contributed by atoms with Crippen LogP contribution in [0.5, 0.6) is 0 Å². The van der Waals surface area contributed by atoms with E-state index in [1.54, 1.807) is 17.9 Å². The number of hydrogen-bond acceptors (Lipinski definition) is 6. The highest BCUT2D eigenvalue weighted by atomic mass is 16.6. The van der Waals surface area contributed by atoms with Gasteiger partial charge < -0.3 is 10.0 Å². The highest BCUT2D eigenvalue weighted by Crippen LogP contribution is 2.24. The Morgan fingerprint density at radius 1 is 1.38 bits per heavy atom. The zero-order valence-corrected chi connectivity index (χ0v) is 14.0. The molecule has 1 aliphatic heterocycles. The number of hydrogen-bond donors (Lipinski definition) is 1. The molecule has 1 saturated heterocycles. The Hall–Kier alpha value is -3.30. The molecule has 0 aliphatic carbocycles. The molecular formula is C16H17N5O5. The summed E-state index contributed by atoms with van der Waals surface area (Å²) in [6, 6.07) is 5.84. The molecule has 1 N–H and O–H groups in total. The minimum absolute atomic E-state index is 0.0876. The Morgan fingerprint density at radius 3 is 2.81 bits per heavy atom. The van der Waals surface area contributed by atoms with E-state index in [4.69, 9.17) is 5.11 Å². The van der Waals surface area contributed by atoms with Crippen LogP contribution in [0.1, 0.15) is 23.8 Å². The molecule has 2 aromatic rings. The van der Waals surface area contributed by atoms with Gasteiger partial charge in [0.15, 0.2) is 5.69 Å². The molecule has 136 valence electrons. The second kappa shape index (κ2) is 6.90. The molecule has 1 aromatic carbocycles. The van der Waals surface area contributed by atoms with Crippen molar-refractivity contribution < 1.29 is 19.6 Å². The number of piperidine rings is 1. The number of aliphatic carboxylic acids is 1. The van der Waals surface area contributed by atoms with Gasteiger partial charge in [-0.3, -0.25) is 19.7 Å². The van der Waals surface area contributed by atoms with E-state index in [0.717, 1.165) is 0 Å². The molecule has 26 heavy (non-hydrogen) atoms. The van der Waals surface area contributed by atoms with Crippen LogP contribution in [0.3, 0.4) is 0 Å². The van der Waals surface area contributed by atoms with Crippen molar-refractivity contribution in [1.29, 1.82) is 0 Å². The molecular weight excluding hydrogens is 342 g/mol. The number of carbonyl (C=O) groups excluding carboxylic acids is 1. The van der Waals surface area contributed by atoms with Gasteiger partial charge in [0.1, 0.15) is 0 Å². The van der Waals surface area contributed by atoms with Crippen molar-refractivity contribution in [1.82, 2.24) is 19.9 Å². The predicted octanol–water partition coefficient (Wildman–Crippen LogP) is 1.36. The minimum Gasteiger partial charge on any atom is -0.481 e. The fraction of sp³-hybridized carbons (Fsp3) is 0.375. The number of nitro groups is 1. The molecule has 0 bridgehead atoms. The van der Waals surface area contributed by atoms with E-state index in [1.165, 1.54) is 29.1 Å². The van der Waals surface area contributed by atoms with Crippen LogP contribution < -0.4 is 0 Å².